The highest BCUT2D eigenvalue weighted by Crippen LogP contribution is 2.16. The predicted molar refractivity (Wildman–Crippen MR) is 78.1 cm³/mol. The Hall–Kier alpha value is -1.65. The molecular formula is C15H17NO2S. The van der Waals surface area contributed by atoms with Crippen molar-refractivity contribution in [2.45, 2.75) is 18.4 Å². The van der Waals surface area contributed by atoms with Gasteiger partial charge in [0.2, 0.25) is 0 Å². The molecule has 0 heterocycles. The van der Waals surface area contributed by atoms with Gasteiger partial charge in [0.15, 0.2) is 0 Å². The molecule has 19 heavy (non-hydrogen) atoms. The molecule has 0 aliphatic rings. The van der Waals surface area contributed by atoms with Crippen LogP contribution in [0.25, 0.3) is 0 Å². The van der Waals surface area contributed by atoms with Gasteiger partial charge >= 0.3 is 0 Å². The van der Waals surface area contributed by atoms with E-state index >= 15 is 0 Å². The van der Waals surface area contributed by atoms with Crippen molar-refractivity contribution in [3.05, 3.63) is 59.7 Å². The van der Waals surface area contributed by atoms with Crippen LogP contribution in [0.4, 0.5) is 5.69 Å². The first-order valence-corrected chi connectivity index (χ1v) is 7.35. The second-order valence-corrected chi connectivity index (χ2v) is 5.69. The van der Waals surface area contributed by atoms with Crippen LogP contribution in [0.5, 0.6) is 0 Å². The van der Waals surface area contributed by atoms with Gasteiger partial charge in [-0.3, -0.25) is 4.21 Å². The Morgan fingerprint density at radius 1 is 1.16 bits per heavy atom. The quantitative estimate of drug-likeness (QED) is 0.854. The van der Waals surface area contributed by atoms with Crippen molar-refractivity contribution in [3.8, 4) is 0 Å². The Morgan fingerprint density at radius 3 is 2.58 bits per heavy atom. The highest BCUT2D eigenvalue weighted by molar-refractivity contribution is 7.84. The number of benzene rings is 2. The SMILES string of the molecule is Cc1cc(N)ccc1S(=O)COCc1ccccc1. The third-order valence-corrected chi connectivity index (χ3v) is 4.08. The van der Waals surface area contributed by atoms with Crippen LogP contribution in [0.3, 0.4) is 0 Å². The summed E-state index contributed by atoms with van der Waals surface area (Å²) in [5, 5.41) is 0. The van der Waals surface area contributed by atoms with E-state index in [0.717, 1.165) is 16.0 Å². The van der Waals surface area contributed by atoms with Gasteiger partial charge in [-0.15, -0.1) is 0 Å². The van der Waals surface area contributed by atoms with Gasteiger partial charge in [0.25, 0.3) is 0 Å². The summed E-state index contributed by atoms with van der Waals surface area (Å²) >= 11 is 0. The molecular weight excluding hydrogens is 258 g/mol. The van der Waals surface area contributed by atoms with Crippen molar-refractivity contribution in [2.24, 2.45) is 0 Å². The summed E-state index contributed by atoms with van der Waals surface area (Å²) in [5.41, 5.74) is 8.37. The second-order valence-electron chi connectivity index (χ2n) is 4.32. The summed E-state index contributed by atoms with van der Waals surface area (Å²) in [5.74, 6) is 0.194. The van der Waals surface area contributed by atoms with Crippen LogP contribution in [0.1, 0.15) is 11.1 Å². The van der Waals surface area contributed by atoms with E-state index < -0.39 is 10.8 Å². The van der Waals surface area contributed by atoms with Gasteiger partial charge in [0.05, 0.1) is 17.4 Å². The molecule has 4 heteroatoms. The molecule has 0 aliphatic carbocycles. The molecule has 2 N–H and O–H groups in total. The number of aryl methyl sites for hydroxylation is 1. The van der Waals surface area contributed by atoms with Crippen molar-refractivity contribution >= 4 is 16.5 Å². The van der Waals surface area contributed by atoms with Gasteiger partial charge in [-0.2, -0.15) is 0 Å². The standard InChI is InChI=1S/C15H17NO2S/c1-12-9-14(16)7-8-15(12)19(17)11-18-10-13-5-3-2-4-6-13/h2-9H,10-11,16H2,1H3. The minimum absolute atomic E-state index is 0.194. The summed E-state index contributed by atoms with van der Waals surface area (Å²) in [6.45, 7) is 2.38. The average molecular weight is 275 g/mol. The Bertz CT molecular complexity index is 570. The number of hydrogen-bond acceptors (Lipinski definition) is 3. The maximum atomic E-state index is 12.1. The Labute approximate surface area is 115 Å². The number of hydrogen-bond donors (Lipinski definition) is 1. The molecule has 2 rings (SSSR count). The fourth-order valence-electron chi connectivity index (χ4n) is 1.80. The van der Waals surface area contributed by atoms with Gasteiger partial charge in [-0.05, 0) is 36.2 Å². The molecule has 0 aromatic heterocycles. The topological polar surface area (TPSA) is 52.3 Å². The van der Waals surface area contributed by atoms with E-state index in [1.807, 2.05) is 43.3 Å². The minimum atomic E-state index is -1.15. The molecule has 0 amide bonds. The molecule has 0 radical (unpaired) electrons. The highest BCUT2D eigenvalue weighted by atomic mass is 32.2. The Balaban J connectivity index is 1.91. The number of anilines is 1. The van der Waals surface area contributed by atoms with E-state index in [-0.39, 0.29) is 5.94 Å². The van der Waals surface area contributed by atoms with Gasteiger partial charge < -0.3 is 10.5 Å². The van der Waals surface area contributed by atoms with Crippen LogP contribution in [0.2, 0.25) is 0 Å². The summed E-state index contributed by atoms with van der Waals surface area (Å²) in [6, 6.07) is 15.2. The van der Waals surface area contributed by atoms with E-state index in [1.165, 1.54) is 0 Å². The summed E-state index contributed by atoms with van der Waals surface area (Å²) < 4.78 is 17.6. The molecule has 0 aliphatic heterocycles. The van der Waals surface area contributed by atoms with Crippen molar-refractivity contribution in [3.63, 3.8) is 0 Å². The molecule has 100 valence electrons. The zero-order valence-electron chi connectivity index (χ0n) is 10.8. The molecule has 2 aromatic rings. The first-order chi connectivity index (χ1) is 9.16. The first-order valence-electron chi connectivity index (χ1n) is 6.03. The van der Waals surface area contributed by atoms with E-state index in [4.69, 9.17) is 10.5 Å². The maximum Gasteiger partial charge on any atom is 0.127 e. The van der Waals surface area contributed by atoms with Crippen LogP contribution in [-0.4, -0.2) is 10.1 Å². The Morgan fingerprint density at radius 2 is 1.89 bits per heavy atom. The third kappa shape index (κ3) is 3.91. The van der Waals surface area contributed by atoms with Crippen LogP contribution >= 0.6 is 0 Å². The maximum absolute atomic E-state index is 12.1. The molecule has 1 atom stereocenters. The summed E-state index contributed by atoms with van der Waals surface area (Å²) in [4.78, 5) is 0.780. The zero-order chi connectivity index (χ0) is 13.7. The molecule has 0 bridgehead atoms. The normalized spacial score (nSPS) is 12.3. The molecule has 0 saturated heterocycles. The lowest BCUT2D eigenvalue weighted by Crippen LogP contribution is -2.05. The molecule has 3 nitrogen and oxygen atoms in total. The van der Waals surface area contributed by atoms with Crippen molar-refractivity contribution in [1.82, 2.24) is 0 Å². The molecule has 2 aromatic carbocycles. The van der Waals surface area contributed by atoms with Crippen molar-refractivity contribution in [2.75, 3.05) is 11.7 Å². The number of nitrogens with two attached hydrogens (primary N) is 1. The van der Waals surface area contributed by atoms with E-state index in [1.54, 1.807) is 12.1 Å². The van der Waals surface area contributed by atoms with Gasteiger partial charge in [0.1, 0.15) is 5.94 Å². The fourth-order valence-corrected chi connectivity index (χ4v) is 2.80. The van der Waals surface area contributed by atoms with Crippen molar-refractivity contribution in [1.29, 1.82) is 0 Å². The highest BCUT2D eigenvalue weighted by Gasteiger charge is 2.07. The van der Waals surface area contributed by atoms with E-state index in [9.17, 15) is 4.21 Å². The zero-order valence-corrected chi connectivity index (χ0v) is 11.7. The minimum Gasteiger partial charge on any atom is -0.399 e. The molecule has 0 spiro atoms. The lowest BCUT2D eigenvalue weighted by Gasteiger charge is -2.08. The van der Waals surface area contributed by atoms with Crippen molar-refractivity contribution < 1.29 is 8.95 Å². The van der Waals surface area contributed by atoms with Crippen LogP contribution < -0.4 is 5.73 Å². The lowest BCUT2D eigenvalue weighted by atomic mass is 10.2. The van der Waals surface area contributed by atoms with Crippen LogP contribution in [0.15, 0.2) is 53.4 Å². The Kier molecular flexibility index (Phi) is 4.71. The third-order valence-electron chi connectivity index (χ3n) is 2.75. The number of rotatable bonds is 5. The number of ether oxygens (including phenoxy) is 1. The summed E-state index contributed by atoms with van der Waals surface area (Å²) in [6.07, 6.45) is 0. The fraction of sp³-hybridized carbons (Fsp3) is 0.200. The monoisotopic (exact) mass is 275 g/mol. The van der Waals surface area contributed by atoms with E-state index in [2.05, 4.69) is 0 Å². The number of nitrogen functional groups attached to an aromatic ring is 1. The van der Waals surface area contributed by atoms with E-state index in [0.29, 0.717) is 12.3 Å². The van der Waals surface area contributed by atoms with Gasteiger partial charge in [-0.1, -0.05) is 30.3 Å². The van der Waals surface area contributed by atoms with Gasteiger partial charge in [0, 0.05) is 10.6 Å². The predicted octanol–water partition coefficient (Wildman–Crippen LogP) is 2.86. The lowest BCUT2D eigenvalue weighted by molar-refractivity contribution is 0.166. The molecule has 0 fully saturated rings. The smallest absolute Gasteiger partial charge is 0.127 e. The molecule has 0 saturated carbocycles. The van der Waals surface area contributed by atoms with Crippen LogP contribution in [0, 0.1) is 6.92 Å². The van der Waals surface area contributed by atoms with Crippen LogP contribution in [-0.2, 0) is 22.1 Å². The second kappa shape index (κ2) is 6.50. The summed E-state index contributed by atoms with van der Waals surface area (Å²) in [7, 11) is -1.15. The first kappa shape index (κ1) is 13.8. The largest absolute Gasteiger partial charge is 0.399 e. The average Bonchev–Trinajstić information content (AvgIpc) is 2.39. The molecule has 1 unspecified atom stereocenters. The van der Waals surface area contributed by atoms with Gasteiger partial charge in [-0.25, -0.2) is 0 Å².